The normalized spacial score (nSPS) is 12.9. The number of amides is 2. The van der Waals surface area contributed by atoms with Gasteiger partial charge in [-0.15, -0.1) is 0 Å². The van der Waals surface area contributed by atoms with E-state index in [9.17, 15) is 9.59 Å². The first-order valence-electron chi connectivity index (χ1n) is 6.92. The lowest BCUT2D eigenvalue weighted by Crippen LogP contribution is -2.49. The molecule has 0 unspecified atom stereocenters. The fourth-order valence-electron chi connectivity index (χ4n) is 1.55. The minimum Gasteiger partial charge on any atom is -0.444 e. The van der Waals surface area contributed by atoms with Gasteiger partial charge in [0, 0.05) is 13.7 Å². The Morgan fingerprint density at radius 1 is 1.20 bits per heavy atom. The van der Waals surface area contributed by atoms with E-state index < -0.39 is 17.7 Å². The zero-order valence-electron chi connectivity index (χ0n) is 13.4. The summed E-state index contributed by atoms with van der Waals surface area (Å²) in [5.74, 6) is 0.0599. The summed E-state index contributed by atoms with van der Waals surface area (Å²) in [5, 5.41) is 5.34. The van der Waals surface area contributed by atoms with Gasteiger partial charge in [-0.1, -0.05) is 13.8 Å². The molecule has 0 saturated heterocycles. The van der Waals surface area contributed by atoms with Crippen LogP contribution in [0.3, 0.4) is 0 Å². The van der Waals surface area contributed by atoms with Crippen molar-refractivity contribution in [2.45, 2.75) is 52.7 Å². The lowest BCUT2D eigenvalue weighted by atomic mass is 10.0. The summed E-state index contributed by atoms with van der Waals surface area (Å²) in [7, 11) is 1.57. The van der Waals surface area contributed by atoms with Crippen LogP contribution >= 0.6 is 0 Å². The van der Waals surface area contributed by atoms with Gasteiger partial charge in [-0.25, -0.2) is 4.79 Å². The summed E-state index contributed by atoms with van der Waals surface area (Å²) in [5.41, 5.74) is -0.584. The Hall–Kier alpha value is -1.30. The van der Waals surface area contributed by atoms with Crippen LogP contribution in [0.2, 0.25) is 0 Å². The number of nitrogens with one attached hydrogen (secondary N) is 2. The molecule has 0 radical (unpaired) electrons. The zero-order valence-corrected chi connectivity index (χ0v) is 13.4. The average Bonchev–Trinajstić information content (AvgIpc) is 2.25. The van der Waals surface area contributed by atoms with Crippen LogP contribution in [0.1, 0.15) is 41.0 Å². The Bertz CT molecular complexity index is 311. The highest BCUT2D eigenvalue weighted by molar-refractivity contribution is 5.85. The summed E-state index contributed by atoms with van der Waals surface area (Å²) in [4.78, 5) is 23.8. The number of methoxy groups -OCH3 is 1. The molecular weight excluding hydrogens is 260 g/mol. The smallest absolute Gasteiger partial charge is 0.408 e. The van der Waals surface area contributed by atoms with Gasteiger partial charge in [0.15, 0.2) is 0 Å². The molecule has 6 heteroatoms. The van der Waals surface area contributed by atoms with Crippen molar-refractivity contribution in [1.29, 1.82) is 0 Å². The third-order valence-electron chi connectivity index (χ3n) is 2.32. The van der Waals surface area contributed by atoms with Crippen molar-refractivity contribution in [2.75, 3.05) is 20.3 Å². The number of ether oxygens (including phenoxy) is 2. The van der Waals surface area contributed by atoms with E-state index in [-0.39, 0.29) is 11.8 Å². The highest BCUT2D eigenvalue weighted by Crippen LogP contribution is 2.09. The number of carbonyl (C=O) groups excluding carboxylic acids is 2. The number of hydrogen-bond acceptors (Lipinski definition) is 4. The van der Waals surface area contributed by atoms with Crippen LogP contribution in [-0.4, -0.2) is 43.9 Å². The monoisotopic (exact) mass is 288 g/mol. The quantitative estimate of drug-likeness (QED) is 0.699. The summed E-state index contributed by atoms with van der Waals surface area (Å²) in [6, 6.07) is -0.596. The summed E-state index contributed by atoms with van der Waals surface area (Å²) in [6.07, 6.45) is -0.0250. The van der Waals surface area contributed by atoms with E-state index in [1.54, 1.807) is 27.9 Å². The highest BCUT2D eigenvalue weighted by Gasteiger charge is 2.24. The van der Waals surface area contributed by atoms with Gasteiger partial charge in [0.05, 0.1) is 6.61 Å². The Morgan fingerprint density at radius 2 is 1.80 bits per heavy atom. The zero-order chi connectivity index (χ0) is 15.8. The second-order valence-corrected chi connectivity index (χ2v) is 6.11. The predicted molar refractivity (Wildman–Crippen MR) is 77.5 cm³/mol. The van der Waals surface area contributed by atoms with E-state index in [4.69, 9.17) is 9.47 Å². The lowest BCUT2D eigenvalue weighted by molar-refractivity contribution is -0.123. The maximum Gasteiger partial charge on any atom is 0.408 e. The molecule has 0 rings (SSSR count). The van der Waals surface area contributed by atoms with Crippen LogP contribution in [0.15, 0.2) is 0 Å². The molecule has 0 aliphatic heterocycles. The van der Waals surface area contributed by atoms with Gasteiger partial charge in [-0.2, -0.15) is 0 Å². The van der Waals surface area contributed by atoms with Crippen LogP contribution in [0.4, 0.5) is 4.79 Å². The van der Waals surface area contributed by atoms with Crippen molar-refractivity contribution in [1.82, 2.24) is 10.6 Å². The molecule has 0 saturated carbocycles. The van der Waals surface area contributed by atoms with Gasteiger partial charge in [0.1, 0.15) is 11.6 Å². The molecule has 2 N–H and O–H groups in total. The van der Waals surface area contributed by atoms with E-state index in [0.717, 1.165) is 0 Å². The van der Waals surface area contributed by atoms with Gasteiger partial charge in [0.25, 0.3) is 0 Å². The fraction of sp³-hybridized carbons (Fsp3) is 0.857. The van der Waals surface area contributed by atoms with Crippen molar-refractivity contribution in [3.05, 3.63) is 0 Å². The maximum absolute atomic E-state index is 12.0. The van der Waals surface area contributed by atoms with Gasteiger partial charge in [-0.05, 0) is 33.1 Å². The van der Waals surface area contributed by atoms with E-state index >= 15 is 0 Å². The molecule has 0 spiro atoms. The Kier molecular flexibility index (Phi) is 8.22. The van der Waals surface area contributed by atoms with Crippen LogP contribution in [0, 0.1) is 5.92 Å². The first kappa shape index (κ1) is 18.7. The van der Waals surface area contributed by atoms with Crippen molar-refractivity contribution < 1.29 is 19.1 Å². The molecule has 0 bridgehead atoms. The van der Waals surface area contributed by atoms with Crippen LogP contribution in [0.5, 0.6) is 0 Å². The fourth-order valence-corrected chi connectivity index (χ4v) is 1.55. The average molecular weight is 288 g/mol. The Morgan fingerprint density at radius 3 is 2.25 bits per heavy atom. The number of alkyl carbamates (subject to hydrolysis) is 1. The van der Waals surface area contributed by atoms with Gasteiger partial charge < -0.3 is 20.1 Å². The molecule has 6 nitrogen and oxygen atoms in total. The Labute approximate surface area is 121 Å². The maximum atomic E-state index is 12.0. The molecule has 2 amide bonds. The number of rotatable bonds is 7. The predicted octanol–water partition coefficient (Wildman–Crippen LogP) is 1.69. The van der Waals surface area contributed by atoms with Crippen LogP contribution in [0.25, 0.3) is 0 Å². The van der Waals surface area contributed by atoms with Crippen LogP contribution in [-0.2, 0) is 14.3 Å². The molecule has 0 aliphatic carbocycles. The molecule has 0 heterocycles. The first-order chi connectivity index (χ1) is 9.15. The van der Waals surface area contributed by atoms with Gasteiger partial charge in [0.2, 0.25) is 5.91 Å². The van der Waals surface area contributed by atoms with E-state index in [1.165, 1.54) is 0 Å². The molecule has 118 valence electrons. The highest BCUT2D eigenvalue weighted by atomic mass is 16.6. The molecule has 0 aliphatic rings. The molecular formula is C14H28N2O4. The number of hydrogen-bond donors (Lipinski definition) is 2. The SMILES string of the molecule is COCCNC(=O)[C@H](CC(C)C)NC(=O)OC(C)(C)C. The molecule has 0 fully saturated rings. The van der Waals surface area contributed by atoms with E-state index in [2.05, 4.69) is 10.6 Å². The number of carbonyl (C=O) groups is 2. The van der Waals surface area contributed by atoms with Crippen LogP contribution < -0.4 is 10.6 Å². The van der Waals surface area contributed by atoms with E-state index in [0.29, 0.717) is 19.6 Å². The van der Waals surface area contributed by atoms with Crippen molar-refractivity contribution in [3.8, 4) is 0 Å². The standard InChI is InChI=1S/C14H28N2O4/c1-10(2)9-11(12(17)15-7-8-19-6)16-13(18)20-14(3,4)5/h10-11H,7-9H2,1-6H3,(H,15,17)(H,16,18)/t11-/m0/s1. The Balaban J connectivity index is 4.47. The third kappa shape index (κ3) is 9.61. The largest absolute Gasteiger partial charge is 0.444 e. The van der Waals surface area contributed by atoms with Crippen molar-refractivity contribution >= 4 is 12.0 Å². The molecule has 0 aromatic rings. The van der Waals surface area contributed by atoms with Gasteiger partial charge >= 0.3 is 6.09 Å². The first-order valence-corrected chi connectivity index (χ1v) is 6.92. The summed E-state index contributed by atoms with van der Waals surface area (Å²) in [6.45, 7) is 10.2. The second-order valence-electron chi connectivity index (χ2n) is 6.11. The summed E-state index contributed by atoms with van der Waals surface area (Å²) >= 11 is 0. The molecule has 0 aromatic heterocycles. The third-order valence-corrected chi connectivity index (χ3v) is 2.32. The van der Waals surface area contributed by atoms with Crippen molar-refractivity contribution in [2.24, 2.45) is 5.92 Å². The minimum atomic E-state index is -0.596. The lowest BCUT2D eigenvalue weighted by Gasteiger charge is -2.24. The van der Waals surface area contributed by atoms with E-state index in [1.807, 2.05) is 13.8 Å². The summed E-state index contributed by atoms with van der Waals surface area (Å²) < 4.78 is 10.0. The topological polar surface area (TPSA) is 76.7 Å². The second kappa shape index (κ2) is 8.79. The molecule has 1 atom stereocenters. The van der Waals surface area contributed by atoms with Gasteiger partial charge in [-0.3, -0.25) is 4.79 Å². The van der Waals surface area contributed by atoms with Crippen molar-refractivity contribution in [3.63, 3.8) is 0 Å². The minimum absolute atomic E-state index is 0.221. The molecule has 20 heavy (non-hydrogen) atoms. The molecule has 0 aromatic carbocycles.